The van der Waals surface area contributed by atoms with Gasteiger partial charge in [-0.2, -0.15) is 13.2 Å². The van der Waals surface area contributed by atoms with E-state index in [0.717, 1.165) is 6.07 Å². The fourth-order valence-corrected chi connectivity index (χ4v) is 3.81. The first kappa shape index (κ1) is 24.8. The number of carboxylic acids is 1. The number of carbonyl (C=O) groups excluding carboxylic acids is 3. The number of halogens is 3. The lowest BCUT2D eigenvalue weighted by atomic mass is 10.0. The van der Waals surface area contributed by atoms with Crippen LogP contribution in [0, 0.1) is 0 Å². The lowest BCUT2D eigenvalue weighted by Crippen LogP contribution is -2.27. The molecule has 1 aliphatic rings. The number of nitrogens with zero attached hydrogens (tertiary/aromatic N) is 1. The van der Waals surface area contributed by atoms with Crippen LogP contribution < -0.4 is 15.6 Å². The molecule has 3 aromatic rings. The molecule has 1 aromatic heterocycles. The molecule has 0 bridgehead atoms. The Balaban J connectivity index is 1.54. The molecule has 0 aliphatic carbocycles. The number of hydrogen-bond donors (Lipinski definition) is 1. The predicted molar refractivity (Wildman–Crippen MR) is 118 cm³/mol. The van der Waals surface area contributed by atoms with Crippen LogP contribution >= 0.6 is 0 Å². The maximum Gasteiger partial charge on any atom is 0.417 e. The third kappa shape index (κ3) is 5.32. The van der Waals surface area contributed by atoms with Crippen LogP contribution in [0.1, 0.15) is 18.4 Å². The molecule has 2 aromatic carbocycles. The molecule has 0 radical (unpaired) electrons. The van der Waals surface area contributed by atoms with Crippen LogP contribution in [0.25, 0.3) is 22.0 Å². The first-order valence-electron chi connectivity index (χ1n) is 10.7. The van der Waals surface area contributed by atoms with E-state index >= 15 is 0 Å². The number of fused-ring (bicyclic) bond motifs is 1. The molecular formula is C24H18F3N2O7-. The summed E-state index contributed by atoms with van der Waals surface area (Å²) in [5.74, 6) is -2.18. The number of carbonyl (C=O) groups is 3. The molecule has 4 rings (SSSR count). The van der Waals surface area contributed by atoms with Crippen LogP contribution in [0.2, 0.25) is 0 Å². The number of carboxylic acid groups (broad SMARTS) is 1. The number of cyclic esters (lactones) is 1. The number of aliphatic carboxylic acids is 1. The Morgan fingerprint density at radius 1 is 1.11 bits per heavy atom. The molecule has 1 N–H and O–H groups in total. The summed E-state index contributed by atoms with van der Waals surface area (Å²) < 4.78 is 50.3. The van der Waals surface area contributed by atoms with E-state index in [4.69, 9.17) is 9.47 Å². The zero-order chi connectivity index (χ0) is 26.0. The molecule has 9 nitrogen and oxygen atoms in total. The molecule has 1 atom stereocenters. The number of benzene rings is 2. The van der Waals surface area contributed by atoms with Crippen LogP contribution in [0.3, 0.4) is 0 Å². The predicted octanol–water partition coefficient (Wildman–Crippen LogP) is 2.61. The molecule has 36 heavy (non-hydrogen) atoms. The highest BCUT2D eigenvalue weighted by molar-refractivity contribution is 5.95. The van der Waals surface area contributed by atoms with Gasteiger partial charge in [0.1, 0.15) is 6.61 Å². The fourth-order valence-electron chi connectivity index (χ4n) is 3.81. The maximum atomic E-state index is 13.4. The van der Waals surface area contributed by atoms with Crippen molar-refractivity contribution in [2.75, 3.05) is 18.1 Å². The van der Waals surface area contributed by atoms with Crippen molar-refractivity contribution in [1.29, 1.82) is 0 Å². The minimum Gasteiger partial charge on any atom is -0.550 e. The number of aromatic amines is 1. The second kappa shape index (κ2) is 9.72. The summed E-state index contributed by atoms with van der Waals surface area (Å²) in [6.07, 6.45) is -7.06. The molecule has 1 amide bonds. The quantitative estimate of drug-likeness (QED) is 0.491. The zero-order valence-corrected chi connectivity index (χ0v) is 18.5. The number of rotatable bonds is 7. The van der Waals surface area contributed by atoms with E-state index in [2.05, 4.69) is 4.98 Å². The van der Waals surface area contributed by atoms with Gasteiger partial charge >= 0.3 is 18.2 Å². The largest absolute Gasteiger partial charge is 0.550 e. The monoisotopic (exact) mass is 503 g/mol. The van der Waals surface area contributed by atoms with Crippen molar-refractivity contribution in [1.82, 2.24) is 4.98 Å². The van der Waals surface area contributed by atoms with Crippen LogP contribution in [0.15, 0.2) is 53.3 Å². The number of aromatic nitrogens is 1. The Morgan fingerprint density at radius 3 is 2.58 bits per heavy atom. The summed E-state index contributed by atoms with van der Waals surface area (Å²) in [6.45, 7) is -0.294. The Morgan fingerprint density at radius 2 is 1.86 bits per heavy atom. The molecule has 1 fully saturated rings. The van der Waals surface area contributed by atoms with Gasteiger partial charge in [-0.25, -0.2) is 4.79 Å². The molecular weight excluding hydrogens is 485 g/mol. The molecule has 1 unspecified atom stereocenters. The van der Waals surface area contributed by atoms with Crippen molar-refractivity contribution in [2.45, 2.75) is 25.1 Å². The number of anilines is 1. The summed E-state index contributed by atoms with van der Waals surface area (Å²) in [5.41, 5.74) is -1.41. The summed E-state index contributed by atoms with van der Waals surface area (Å²) in [7, 11) is 0. The van der Waals surface area contributed by atoms with Crippen molar-refractivity contribution in [3.05, 3.63) is 64.4 Å². The molecule has 1 saturated heterocycles. The third-order valence-electron chi connectivity index (χ3n) is 5.50. The number of ether oxygens (including phenoxy) is 2. The topological polar surface area (TPSA) is 129 Å². The van der Waals surface area contributed by atoms with Gasteiger partial charge in [0.25, 0.3) is 5.56 Å². The third-order valence-corrected chi connectivity index (χ3v) is 5.50. The highest BCUT2D eigenvalue weighted by Gasteiger charge is 2.34. The van der Waals surface area contributed by atoms with Gasteiger partial charge in [-0.3, -0.25) is 14.5 Å². The minimum absolute atomic E-state index is 0.00526. The van der Waals surface area contributed by atoms with Gasteiger partial charge in [0.2, 0.25) is 0 Å². The van der Waals surface area contributed by atoms with Gasteiger partial charge in [-0.15, -0.1) is 0 Å². The van der Waals surface area contributed by atoms with E-state index in [9.17, 15) is 37.5 Å². The van der Waals surface area contributed by atoms with E-state index in [0.29, 0.717) is 11.1 Å². The van der Waals surface area contributed by atoms with Gasteiger partial charge in [-0.05, 0) is 36.1 Å². The zero-order valence-electron chi connectivity index (χ0n) is 18.5. The van der Waals surface area contributed by atoms with E-state index in [1.165, 1.54) is 47.4 Å². The second-order valence-corrected chi connectivity index (χ2v) is 8.00. The summed E-state index contributed by atoms with van der Waals surface area (Å²) >= 11 is 0. The van der Waals surface area contributed by atoms with E-state index in [-0.39, 0.29) is 36.2 Å². The van der Waals surface area contributed by atoms with Crippen molar-refractivity contribution < 1.29 is 42.1 Å². The maximum absolute atomic E-state index is 13.4. The van der Waals surface area contributed by atoms with E-state index < -0.39 is 47.9 Å². The van der Waals surface area contributed by atoms with Gasteiger partial charge in [0.05, 0.1) is 18.5 Å². The number of nitrogens with one attached hydrogen (secondary N) is 1. The van der Waals surface area contributed by atoms with Crippen molar-refractivity contribution in [2.24, 2.45) is 0 Å². The Labute approximate surface area is 201 Å². The van der Waals surface area contributed by atoms with Crippen molar-refractivity contribution in [3.8, 4) is 11.3 Å². The first-order valence-corrected chi connectivity index (χ1v) is 10.7. The normalized spacial score (nSPS) is 15.7. The number of esters is 1. The lowest BCUT2D eigenvalue weighted by molar-refractivity contribution is -0.305. The molecule has 188 valence electrons. The highest BCUT2D eigenvalue weighted by Crippen LogP contribution is 2.36. The molecule has 0 spiro atoms. The average Bonchev–Trinajstić information content (AvgIpc) is 3.21. The van der Waals surface area contributed by atoms with Crippen LogP contribution in [0.4, 0.5) is 23.7 Å². The number of pyridine rings is 1. The Hall–Kier alpha value is -4.35. The average molecular weight is 503 g/mol. The van der Waals surface area contributed by atoms with Gasteiger partial charge in [0.15, 0.2) is 6.10 Å². The lowest BCUT2D eigenvalue weighted by Gasteiger charge is -2.15. The molecule has 12 heteroatoms. The Bertz CT molecular complexity index is 1400. The van der Waals surface area contributed by atoms with Gasteiger partial charge < -0.3 is 24.4 Å². The fraction of sp³-hybridized carbons (Fsp3) is 0.250. The summed E-state index contributed by atoms with van der Waals surface area (Å²) in [4.78, 5) is 50.7. The second-order valence-electron chi connectivity index (χ2n) is 8.00. The van der Waals surface area contributed by atoms with Crippen LogP contribution in [0.5, 0.6) is 0 Å². The number of H-pyrrole nitrogens is 1. The number of hydrogen-bond acceptors (Lipinski definition) is 7. The highest BCUT2D eigenvalue weighted by atomic mass is 19.4. The smallest absolute Gasteiger partial charge is 0.417 e. The van der Waals surface area contributed by atoms with Gasteiger partial charge in [0, 0.05) is 28.3 Å². The number of amides is 1. The van der Waals surface area contributed by atoms with Crippen molar-refractivity contribution in [3.63, 3.8) is 0 Å². The molecule has 2 heterocycles. The van der Waals surface area contributed by atoms with E-state index in [1.54, 1.807) is 0 Å². The Kier molecular flexibility index (Phi) is 6.69. The summed E-state index contributed by atoms with van der Waals surface area (Å²) in [5, 5.41) is 10.9. The van der Waals surface area contributed by atoms with E-state index in [1.807, 2.05) is 0 Å². The SMILES string of the molecule is O=C([O-])CCC(=O)OCC1CN(c2ccc3cc(-c4ccccc4C(F)(F)F)[nH]c(=O)c3c2)C(=O)O1. The number of alkyl halides is 3. The first-order chi connectivity index (χ1) is 17.0. The molecule has 1 aliphatic heterocycles. The van der Waals surface area contributed by atoms with Crippen LogP contribution in [-0.2, 0) is 25.2 Å². The van der Waals surface area contributed by atoms with Crippen molar-refractivity contribution >= 4 is 34.5 Å². The standard InChI is InChI=1S/C24H19F3N2O7/c25-24(26,27)18-4-2-1-3-16(18)19-9-13-5-6-14(10-17(13)22(33)28-19)29-11-15(36-23(29)34)12-35-21(32)8-7-20(30)31/h1-6,9-10,15H,7-8,11-12H2,(H,28,33)(H,30,31)/p-1. The summed E-state index contributed by atoms with van der Waals surface area (Å²) in [6, 6.07) is 10.7. The minimum atomic E-state index is -4.61. The molecule has 0 saturated carbocycles. The van der Waals surface area contributed by atoms with Gasteiger partial charge in [-0.1, -0.05) is 24.3 Å². The van der Waals surface area contributed by atoms with Crippen LogP contribution in [-0.4, -0.2) is 42.3 Å².